The predicted molar refractivity (Wildman–Crippen MR) is 64.8 cm³/mol. The van der Waals surface area contributed by atoms with Crippen molar-refractivity contribution in [1.29, 1.82) is 0 Å². The van der Waals surface area contributed by atoms with Crippen LogP contribution in [0.5, 0.6) is 0 Å². The molecule has 0 fully saturated rings. The predicted octanol–water partition coefficient (Wildman–Crippen LogP) is 3.37. The quantitative estimate of drug-likeness (QED) is 0.745. The minimum absolute atomic E-state index is 0.185. The van der Waals surface area contributed by atoms with E-state index in [1.807, 2.05) is 12.1 Å². The van der Waals surface area contributed by atoms with Gasteiger partial charge in [-0.1, -0.05) is 18.2 Å². The van der Waals surface area contributed by atoms with Crippen molar-refractivity contribution < 1.29 is 4.39 Å². The Hall–Kier alpha value is -1.09. The molecule has 1 aliphatic rings. The largest absolute Gasteiger partial charge is 0.278 e. The van der Waals surface area contributed by atoms with Gasteiger partial charge in [0.1, 0.15) is 5.82 Å². The SMILES string of the molecule is Fc1ccccc1/C=C/C1=NCCCS1. The van der Waals surface area contributed by atoms with Crippen molar-refractivity contribution in [3.05, 3.63) is 41.7 Å². The van der Waals surface area contributed by atoms with Gasteiger partial charge in [-0.15, -0.1) is 11.8 Å². The zero-order valence-corrected chi connectivity index (χ0v) is 9.14. The van der Waals surface area contributed by atoms with Crippen LogP contribution in [0.1, 0.15) is 12.0 Å². The van der Waals surface area contributed by atoms with Crippen LogP contribution in [0.15, 0.2) is 35.3 Å². The van der Waals surface area contributed by atoms with E-state index < -0.39 is 0 Å². The maximum atomic E-state index is 13.2. The van der Waals surface area contributed by atoms with Gasteiger partial charge in [0, 0.05) is 17.9 Å². The van der Waals surface area contributed by atoms with Gasteiger partial charge in [-0.3, -0.25) is 4.99 Å². The molecule has 0 bridgehead atoms. The molecule has 0 unspecified atom stereocenters. The molecular weight excluding hydrogens is 209 g/mol. The summed E-state index contributed by atoms with van der Waals surface area (Å²) in [6, 6.07) is 6.76. The van der Waals surface area contributed by atoms with Gasteiger partial charge in [-0.05, 0) is 24.6 Å². The molecule has 15 heavy (non-hydrogen) atoms. The molecule has 0 saturated carbocycles. The zero-order valence-electron chi connectivity index (χ0n) is 8.32. The van der Waals surface area contributed by atoms with E-state index in [0.29, 0.717) is 5.56 Å². The van der Waals surface area contributed by atoms with Crippen LogP contribution < -0.4 is 0 Å². The third-order valence-corrected chi connectivity index (χ3v) is 3.18. The van der Waals surface area contributed by atoms with Crippen LogP contribution >= 0.6 is 11.8 Å². The molecule has 3 heteroatoms. The van der Waals surface area contributed by atoms with E-state index in [0.717, 1.165) is 23.8 Å². The molecule has 1 heterocycles. The molecule has 2 rings (SSSR count). The third kappa shape index (κ3) is 2.93. The highest BCUT2D eigenvalue weighted by atomic mass is 32.2. The second-order valence-corrected chi connectivity index (χ2v) is 4.39. The van der Waals surface area contributed by atoms with Gasteiger partial charge in [0.25, 0.3) is 0 Å². The summed E-state index contributed by atoms with van der Waals surface area (Å²) < 4.78 is 13.2. The fraction of sp³-hybridized carbons (Fsp3) is 0.250. The minimum atomic E-state index is -0.185. The van der Waals surface area contributed by atoms with Gasteiger partial charge in [0.05, 0.1) is 5.04 Å². The van der Waals surface area contributed by atoms with E-state index >= 15 is 0 Å². The Kier molecular flexibility index (Phi) is 3.56. The number of hydrogen-bond acceptors (Lipinski definition) is 2. The number of hydrogen-bond donors (Lipinski definition) is 0. The van der Waals surface area contributed by atoms with Crippen molar-refractivity contribution in [2.45, 2.75) is 6.42 Å². The lowest BCUT2D eigenvalue weighted by atomic mass is 10.2. The van der Waals surface area contributed by atoms with Gasteiger partial charge < -0.3 is 0 Å². The summed E-state index contributed by atoms with van der Waals surface area (Å²) in [6.45, 7) is 0.893. The molecule has 0 atom stereocenters. The van der Waals surface area contributed by atoms with Crippen molar-refractivity contribution in [3.63, 3.8) is 0 Å². The van der Waals surface area contributed by atoms with Crippen LogP contribution in [-0.4, -0.2) is 17.3 Å². The lowest BCUT2D eigenvalue weighted by Gasteiger charge is -2.06. The second-order valence-electron chi connectivity index (χ2n) is 3.28. The van der Waals surface area contributed by atoms with E-state index in [9.17, 15) is 4.39 Å². The minimum Gasteiger partial charge on any atom is -0.278 e. The van der Waals surface area contributed by atoms with E-state index in [1.54, 1.807) is 30.0 Å². The van der Waals surface area contributed by atoms with Crippen LogP contribution in [0.4, 0.5) is 4.39 Å². The van der Waals surface area contributed by atoms with Crippen molar-refractivity contribution in [1.82, 2.24) is 0 Å². The molecule has 0 saturated heterocycles. The van der Waals surface area contributed by atoms with Gasteiger partial charge in [0.15, 0.2) is 0 Å². The Morgan fingerprint density at radius 3 is 2.87 bits per heavy atom. The first-order valence-corrected chi connectivity index (χ1v) is 5.95. The summed E-state index contributed by atoms with van der Waals surface area (Å²) in [5.74, 6) is 0.927. The monoisotopic (exact) mass is 221 g/mol. The smallest absolute Gasteiger partial charge is 0.130 e. The Morgan fingerprint density at radius 1 is 1.27 bits per heavy atom. The summed E-state index contributed by atoms with van der Waals surface area (Å²) in [4.78, 5) is 4.34. The number of thioether (sulfide) groups is 1. The molecule has 1 aromatic rings. The maximum Gasteiger partial charge on any atom is 0.130 e. The molecule has 0 radical (unpaired) electrons. The first-order chi connectivity index (χ1) is 7.36. The number of aliphatic imine (C=N–C) groups is 1. The van der Waals surface area contributed by atoms with Crippen molar-refractivity contribution in [2.24, 2.45) is 4.99 Å². The molecule has 1 nitrogen and oxygen atoms in total. The third-order valence-electron chi connectivity index (χ3n) is 2.13. The number of benzene rings is 1. The van der Waals surface area contributed by atoms with Crippen molar-refractivity contribution in [2.75, 3.05) is 12.3 Å². The molecule has 0 N–H and O–H groups in total. The lowest BCUT2D eigenvalue weighted by molar-refractivity contribution is 0.625. The molecule has 78 valence electrons. The van der Waals surface area contributed by atoms with E-state index in [-0.39, 0.29) is 5.82 Å². The first kappa shape index (κ1) is 10.4. The molecule has 1 aliphatic heterocycles. The van der Waals surface area contributed by atoms with E-state index in [4.69, 9.17) is 0 Å². The lowest BCUT2D eigenvalue weighted by Crippen LogP contribution is -2.00. The van der Waals surface area contributed by atoms with Crippen LogP contribution in [-0.2, 0) is 0 Å². The highest BCUT2D eigenvalue weighted by Crippen LogP contribution is 2.15. The molecule has 1 aromatic carbocycles. The Labute approximate surface area is 93.1 Å². The fourth-order valence-corrected chi connectivity index (χ4v) is 2.18. The molecule has 0 amide bonds. The summed E-state index contributed by atoms with van der Waals surface area (Å²) in [6.07, 6.45) is 4.82. The molecule has 0 aromatic heterocycles. The van der Waals surface area contributed by atoms with Crippen LogP contribution in [0.2, 0.25) is 0 Å². The average Bonchev–Trinajstić information content (AvgIpc) is 2.29. The number of halogens is 1. The highest BCUT2D eigenvalue weighted by molar-refractivity contribution is 8.14. The summed E-state index contributed by atoms with van der Waals surface area (Å²) in [7, 11) is 0. The summed E-state index contributed by atoms with van der Waals surface area (Å²) >= 11 is 1.73. The Bertz CT molecular complexity index is 398. The number of nitrogens with zero attached hydrogens (tertiary/aromatic N) is 1. The van der Waals surface area contributed by atoms with Gasteiger partial charge in [-0.2, -0.15) is 0 Å². The topological polar surface area (TPSA) is 12.4 Å². The van der Waals surface area contributed by atoms with Crippen LogP contribution in [0.25, 0.3) is 6.08 Å². The van der Waals surface area contributed by atoms with Crippen LogP contribution in [0, 0.1) is 5.82 Å². The van der Waals surface area contributed by atoms with Crippen molar-refractivity contribution in [3.8, 4) is 0 Å². The molecule has 0 aliphatic carbocycles. The molecule has 0 spiro atoms. The fourth-order valence-electron chi connectivity index (χ4n) is 1.35. The normalized spacial score (nSPS) is 16.7. The molecular formula is C12H12FNS. The second kappa shape index (κ2) is 5.12. The van der Waals surface area contributed by atoms with Gasteiger partial charge in [-0.25, -0.2) is 4.39 Å². The van der Waals surface area contributed by atoms with Crippen LogP contribution in [0.3, 0.4) is 0 Å². The Balaban J connectivity index is 2.11. The average molecular weight is 221 g/mol. The van der Waals surface area contributed by atoms with E-state index in [2.05, 4.69) is 4.99 Å². The van der Waals surface area contributed by atoms with Gasteiger partial charge in [0.2, 0.25) is 0 Å². The van der Waals surface area contributed by atoms with Crippen molar-refractivity contribution >= 4 is 22.9 Å². The zero-order chi connectivity index (χ0) is 10.5. The highest BCUT2D eigenvalue weighted by Gasteiger charge is 2.02. The van der Waals surface area contributed by atoms with Gasteiger partial charge >= 0.3 is 0 Å². The summed E-state index contributed by atoms with van der Waals surface area (Å²) in [5.41, 5.74) is 0.617. The standard InChI is InChI=1S/C12H12FNS/c13-11-5-2-1-4-10(11)6-7-12-14-8-3-9-15-12/h1-2,4-7H,3,8-9H2/b7-6+. The number of rotatable bonds is 2. The first-order valence-electron chi connectivity index (χ1n) is 4.96. The summed E-state index contributed by atoms with van der Waals surface area (Å²) in [5, 5.41) is 1.00. The Morgan fingerprint density at radius 2 is 2.13 bits per heavy atom. The van der Waals surface area contributed by atoms with E-state index in [1.165, 1.54) is 6.07 Å². The maximum absolute atomic E-state index is 13.2.